The zero-order valence-electron chi connectivity index (χ0n) is 21.0. The molecule has 1 atom stereocenters. The van der Waals surface area contributed by atoms with Crippen LogP contribution in [-0.4, -0.2) is 72.6 Å². The molecule has 0 aliphatic carbocycles. The summed E-state index contributed by atoms with van der Waals surface area (Å²) < 4.78 is 11.0. The maximum absolute atomic E-state index is 13.3. The minimum Gasteiger partial charge on any atom is -0.507 e. The average molecular weight is 491 g/mol. The van der Waals surface area contributed by atoms with Gasteiger partial charge in [0.2, 0.25) is 0 Å². The summed E-state index contributed by atoms with van der Waals surface area (Å²) in [5.74, 6) is -0.463. The Hall–Kier alpha value is -3.42. The van der Waals surface area contributed by atoms with E-state index in [2.05, 4.69) is 25.3 Å². The van der Waals surface area contributed by atoms with Gasteiger partial charge in [-0.15, -0.1) is 0 Å². The minimum absolute atomic E-state index is 0.110. The Labute approximate surface area is 212 Å². The van der Waals surface area contributed by atoms with Crippen LogP contribution in [0.5, 0.6) is 5.75 Å². The second kappa shape index (κ2) is 11.5. The molecule has 4 rings (SSSR count). The van der Waals surface area contributed by atoms with Crippen LogP contribution in [-0.2, 0) is 14.3 Å². The summed E-state index contributed by atoms with van der Waals surface area (Å²) in [4.78, 5) is 30.3. The van der Waals surface area contributed by atoms with Crippen LogP contribution in [0.3, 0.4) is 0 Å². The van der Waals surface area contributed by atoms with Crippen LogP contribution in [0.25, 0.3) is 5.76 Å². The molecular formula is C29H34N2O5. The zero-order valence-corrected chi connectivity index (χ0v) is 21.0. The molecule has 190 valence electrons. The van der Waals surface area contributed by atoms with E-state index in [1.807, 2.05) is 24.3 Å². The number of likely N-dealkylation sites (tertiary alicyclic amines) is 1. The third-order valence-corrected chi connectivity index (χ3v) is 6.72. The second-order valence-corrected chi connectivity index (χ2v) is 9.39. The summed E-state index contributed by atoms with van der Waals surface area (Å²) in [6.45, 7) is 12.1. The van der Waals surface area contributed by atoms with Gasteiger partial charge < -0.3 is 19.5 Å². The van der Waals surface area contributed by atoms with Crippen molar-refractivity contribution in [3.8, 4) is 5.75 Å². The maximum atomic E-state index is 13.3. The quantitative estimate of drug-likeness (QED) is 0.247. The lowest BCUT2D eigenvalue weighted by Gasteiger charge is -2.31. The molecule has 0 spiro atoms. The van der Waals surface area contributed by atoms with Crippen LogP contribution in [0, 0.1) is 0 Å². The monoisotopic (exact) mass is 490 g/mol. The zero-order chi connectivity index (χ0) is 25.7. The number of benzene rings is 2. The first-order valence-electron chi connectivity index (χ1n) is 12.4. The van der Waals surface area contributed by atoms with E-state index in [4.69, 9.17) is 9.47 Å². The third kappa shape index (κ3) is 5.53. The van der Waals surface area contributed by atoms with Crippen molar-refractivity contribution in [3.63, 3.8) is 0 Å². The van der Waals surface area contributed by atoms with E-state index in [9.17, 15) is 14.7 Å². The normalized spacial score (nSPS) is 20.2. The molecular weight excluding hydrogens is 456 g/mol. The van der Waals surface area contributed by atoms with Gasteiger partial charge in [0.05, 0.1) is 24.8 Å². The van der Waals surface area contributed by atoms with Gasteiger partial charge >= 0.3 is 0 Å². The molecule has 0 radical (unpaired) electrons. The van der Waals surface area contributed by atoms with E-state index < -0.39 is 17.7 Å². The molecule has 2 fully saturated rings. The number of ether oxygens (including phenoxy) is 2. The second-order valence-electron chi connectivity index (χ2n) is 9.39. The third-order valence-electron chi connectivity index (χ3n) is 6.72. The van der Waals surface area contributed by atoms with Gasteiger partial charge in [-0.25, -0.2) is 0 Å². The number of Topliss-reactive ketones (excluding diaryl/α,β-unsaturated/α-hetero) is 1. The van der Waals surface area contributed by atoms with Gasteiger partial charge in [0.15, 0.2) is 0 Å². The van der Waals surface area contributed by atoms with Crippen LogP contribution < -0.4 is 4.74 Å². The molecule has 1 N–H and O–H groups in total. The van der Waals surface area contributed by atoms with Gasteiger partial charge in [-0.3, -0.25) is 14.5 Å². The standard InChI is InChI=1S/C29H34N2O5/c1-4-17-36-24-11-9-23(10-12-24)27(32)25-26(22-7-5-21(6-8-22)20(2)3)31(29(34)28(25)33)14-13-30-15-18-35-19-16-30/h4-12,20,26,32H,1,13-19H2,2-3H3/t26-/m1/s1. The predicted octanol–water partition coefficient (Wildman–Crippen LogP) is 4.13. The van der Waals surface area contributed by atoms with E-state index in [1.165, 1.54) is 5.56 Å². The number of carbonyl (C=O) groups is 2. The molecule has 2 saturated heterocycles. The van der Waals surface area contributed by atoms with Gasteiger partial charge in [0.1, 0.15) is 18.1 Å². The molecule has 0 aromatic heterocycles. The molecule has 1 amide bonds. The molecule has 2 heterocycles. The molecule has 0 bridgehead atoms. The Kier molecular flexibility index (Phi) is 8.23. The van der Waals surface area contributed by atoms with E-state index in [0.29, 0.717) is 50.1 Å². The Balaban J connectivity index is 1.70. The first-order valence-corrected chi connectivity index (χ1v) is 12.4. The van der Waals surface area contributed by atoms with E-state index >= 15 is 0 Å². The summed E-state index contributed by atoms with van der Waals surface area (Å²) in [5.41, 5.74) is 2.53. The van der Waals surface area contributed by atoms with Crippen molar-refractivity contribution >= 4 is 17.4 Å². The van der Waals surface area contributed by atoms with Crippen molar-refractivity contribution in [3.05, 3.63) is 83.4 Å². The molecule has 0 unspecified atom stereocenters. The summed E-state index contributed by atoms with van der Waals surface area (Å²) >= 11 is 0. The molecule has 2 aliphatic rings. The summed E-state index contributed by atoms with van der Waals surface area (Å²) in [5, 5.41) is 11.3. The van der Waals surface area contributed by atoms with Gasteiger partial charge in [0.25, 0.3) is 11.7 Å². The highest BCUT2D eigenvalue weighted by Gasteiger charge is 2.46. The lowest BCUT2D eigenvalue weighted by molar-refractivity contribution is -0.140. The first-order chi connectivity index (χ1) is 17.4. The highest BCUT2D eigenvalue weighted by atomic mass is 16.5. The number of carbonyl (C=O) groups excluding carboxylic acids is 2. The maximum Gasteiger partial charge on any atom is 0.295 e. The average Bonchev–Trinajstić information content (AvgIpc) is 3.16. The minimum atomic E-state index is -0.667. The van der Waals surface area contributed by atoms with Gasteiger partial charge in [-0.2, -0.15) is 0 Å². The Morgan fingerprint density at radius 1 is 1.08 bits per heavy atom. The van der Waals surface area contributed by atoms with Crippen LogP contribution in [0.15, 0.2) is 66.8 Å². The van der Waals surface area contributed by atoms with Crippen LogP contribution >= 0.6 is 0 Å². The van der Waals surface area contributed by atoms with Crippen molar-refractivity contribution in [2.24, 2.45) is 0 Å². The number of aliphatic hydroxyl groups excluding tert-OH is 1. The SMILES string of the molecule is C=CCOc1ccc(C(O)=C2C(=O)C(=O)N(CCN3CCOCC3)[C@@H]2c2ccc(C(C)C)cc2)cc1. The number of hydrogen-bond acceptors (Lipinski definition) is 6. The number of ketones is 1. The van der Waals surface area contributed by atoms with Crippen LogP contribution in [0.1, 0.15) is 42.5 Å². The fourth-order valence-corrected chi connectivity index (χ4v) is 4.61. The van der Waals surface area contributed by atoms with Crippen molar-refractivity contribution < 1.29 is 24.2 Å². The van der Waals surface area contributed by atoms with Crippen molar-refractivity contribution in [2.75, 3.05) is 46.0 Å². The molecule has 2 aromatic carbocycles. The van der Waals surface area contributed by atoms with Crippen molar-refractivity contribution in [2.45, 2.75) is 25.8 Å². The number of rotatable bonds is 9. The van der Waals surface area contributed by atoms with E-state index in [-0.39, 0.29) is 11.3 Å². The largest absolute Gasteiger partial charge is 0.507 e. The molecule has 7 heteroatoms. The summed E-state index contributed by atoms with van der Waals surface area (Å²) in [6.07, 6.45) is 1.65. The van der Waals surface area contributed by atoms with Gasteiger partial charge in [0, 0.05) is 31.7 Å². The van der Waals surface area contributed by atoms with Crippen LogP contribution in [0.2, 0.25) is 0 Å². The van der Waals surface area contributed by atoms with Crippen molar-refractivity contribution in [1.29, 1.82) is 0 Å². The fourth-order valence-electron chi connectivity index (χ4n) is 4.61. The lowest BCUT2D eigenvalue weighted by Crippen LogP contribution is -2.42. The first kappa shape index (κ1) is 25.7. The Morgan fingerprint density at radius 3 is 2.36 bits per heavy atom. The Morgan fingerprint density at radius 2 is 1.75 bits per heavy atom. The molecule has 0 saturated carbocycles. The van der Waals surface area contributed by atoms with E-state index in [0.717, 1.165) is 18.7 Å². The number of nitrogens with zero attached hydrogens (tertiary/aromatic N) is 2. The van der Waals surface area contributed by atoms with Gasteiger partial charge in [-0.1, -0.05) is 50.8 Å². The van der Waals surface area contributed by atoms with Crippen molar-refractivity contribution in [1.82, 2.24) is 9.80 Å². The summed E-state index contributed by atoms with van der Waals surface area (Å²) in [6, 6.07) is 14.1. The number of aliphatic hydroxyl groups is 1. The molecule has 7 nitrogen and oxygen atoms in total. The molecule has 2 aromatic rings. The number of morpholine rings is 1. The Bertz CT molecular complexity index is 1120. The lowest BCUT2D eigenvalue weighted by atomic mass is 9.93. The molecule has 36 heavy (non-hydrogen) atoms. The summed E-state index contributed by atoms with van der Waals surface area (Å²) in [7, 11) is 0. The van der Waals surface area contributed by atoms with Crippen LogP contribution in [0.4, 0.5) is 0 Å². The fraction of sp³-hybridized carbons (Fsp3) is 0.379. The number of amides is 1. The highest BCUT2D eigenvalue weighted by Crippen LogP contribution is 2.39. The smallest absolute Gasteiger partial charge is 0.295 e. The van der Waals surface area contributed by atoms with Gasteiger partial charge in [-0.05, 0) is 41.3 Å². The van der Waals surface area contributed by atoms with E-state index in [1.54, 1.807) is 35.2 Å². The predicted molar refractivity (Wildman–Crippen MR) is 139 cm³/mol. The molecule has 2 aliphatic heterocycles. The highest BCUT2D eigenvalue weighted by molar-refractivity contribution is 6.46. The topological polar surface area (TPSA) is 79.3 Å². The number of hydrogen-bond donors (Lipinski definition) is 1.